The third-order valence-corrected chi connectivity index (χ3v) is 4.17. The zero-order chi connectivity index (χ0) is 15.6. The molecule has 5 nitrogen and oxygen atoms in total. The van der Waals surface area contributed by atoms with Crippen LogP contribution in [0.4, 0.5) is 5.82 Å². The molecule has 1 amide bonds. The highest BCUT2D eigenvalue weighted by Crippen LogP contribution is 2.26. The van der Waals surface area contributed by atoms with Gasteiger partial charge in [0.25, 0.3) is 0 Å². The number of hydrogen-bond acceptors (Lipinski definition) is 4. The van der Waals surface area contributed by atoms with Crippen molar-refractivity contribution >= 4 is 59.7 Å². The number of nitrogens with two attached hydrogens (primary N) is 1. The Morgan fingerprint density at radius 3 is 2.26 bits per heavy atom. The van der Waals surface area contributed by atoms with E-state index in [9.17, 15) is 4.79 Å². The molecule has 0 aromatic carbocycles. The molecule has 0 spiro atoms. The number of rotatable bonds is 3. The Morgan fingerprint density at radius 1 is 1.22 bits per heavy atom. The van der Waals surface area contributed by atoms with Gasteiger partial charge in [0.15, 0.2) is 0 Å². The lowest BCUT2D eigenvalue weighted by Crippen LogP contribution is -2.54. The number of amides is 1. The molecule has 1 fully saturated rings. The molecule has 0 radical (unpaired) electrons. The monoisotopic (exact) mass is 402 g/mol. The predicted octanol–water partition coefficient (Wildman–Crippen LogP) is 2.86. The third kappa shape index (κ3) is 5.54. The summed E-state index contributed by atoms with van der Waals surface area (Å²) < 4.78 is 0. The Balaban J connectivity index is 0.00000242. The van der Waals surface area contributed by atoms with Crippen LogP contribution in [0.3, 0.4) is 0 Å². The second-order valence-electron chi connectivity index (χ2n) is 5.54. The molecule has 1 aliphatic rings. The highest BCUT2D eigenvalue weighted by atomic mass is 35.5. The van der Waals surface area contributed by atoms with Crippen LogP contribution >= 0.6 is 48.0 Å². The van der Waals surface area contributed by atoms with Crippen molar-refractivity contribution in [1.82, 2.24) is 9.88 Å². The standard InChI is InChI=1S/C14H20Cl2N4O.2ClH/c1-9(2)12(17)14(21)20-5-3-19(4-6-20)13-11(16)7-10(15)8-18-13;;/h7-9,12H,3-6,17H2,1-2H3;2*1H/t12-;;/m0../s1. The molecule has 2 N–H and O–H groups in total. The van der Waals surface area contributed by atoms with E-state index in [1.165, 1.54) is 0 Å². The first-order chi connectivity index (χ1) is 9.90. The summed E-state index contributed by atoms with van der Waals surface area (Å²) in [6.45, 7) is 6.53. The van der Waals surface area contributed by atoms with Crippen LogP contribution in [0, 0.1) is 5.92 Å². The van der Waals surface area contributed by atoms with Crippen molar-refractivity contribution in [3.8, 4) is 0 Å². The zero-order valence-corrected chi connectivity index (χ0v) is 16.2. The predicted molar refractivity (Wildman–Crippen MR) is 100 cm³/mol. The van der Waals surface area contributed by atoms with Crippen LogP contribution in [0.15, 0.2) is 12.3 Å². The number of hydrogen-bond donors (Lipinski definition) is 1. The Morgan fingerprint density at radius 2 is 1.78 bits per heavy atom. The number of carbonyl (C=O) groups is 1. The SMILES string of the molecule is CC(C)[C@H](N)C(=O)N1CCN(c2ncc(Cl)cc2Cl)CC1.Cl.Cl. The lowest BCUT2D eigenvalue weighted by atomic mass is 10.0. The topological polar surface area (TPSA) is 62.5 Å². The Kier molecular flexibility index (Phi) is 9.55. The Labute approximate surface area is 159 Å². The van der Waals surface area contributed by atoms with Crippen LogP contribution in [0.1, 0.15) is 13.8 Å². The highest BCUT2D eigenvalue weighted by Gasteiger charge is 2.27. The van der Waals surface area contributed by atoms with E-state index in [0.717, 1.165) is 0 Å². The lowest BCUT2D eigenvalue weighted by Gasteiger charge is -2.37. The van der Waals surface area contributed by atoms with Crippen molar-refractivity contribution in [2.24, 2.45) is 11.7 Å². The smallest absolute Gasteiger partial charge is 0.239 e. The summed E-state index contributed by atoms with van der Waals surface area (Å²) in [4.78, 5) is 20.4. The Bertz CT molecular complexity index is 521. The summed E-state index contributed by atoms with van der Waals surface area (Å²) in [6.07, 6.45) is 1.58. The molecule has 0 saturated carbocycles. The first kappa shape index (κ1) is 22.5. The van der Waals surface area contributed by atoms with Crippen molar-refractivity contribution in [3.05, 3.63) is 22.3 Å². The molecule has 23 heavy (non-hydrogen) atoms. The van der Waals surface area contributed by atoms with Gasteiger partial charge in [-0.3, -0.25) is 4.79 Å². The minimum atomic E-state index is -0.436. The molecule has 132 valence electrons. The van der Waals surface area contributed by atoms with E-state index in [-0.39, 0.29) is 36.6 Å². The average molecular weight is 404 g/mol. The van der Waals surface area contributed by atoms with E-state index in [0.29, 0.717) is 42.0 Å². The Hall–Kier alpha value is -0.460. The summed E-state index contributed by atoms with van der Waals surface area (Å²) in [6, 6.07) is 1.24. The fourth-order valence-corrected chi connectivity index (χ4v) is 2.77. The normalized spacial score (nSPS) is 15.7. The van der Waals surface area contributed by atoms with E-state index >= 15 is 0 Å². The van der Waals surface area contributed by atoms with E-state index in [2.05, 4.69) is 9.88 Å². The number of pyridine rings is 1. The average Bonchev–Trinajstić information content (AvgIpc) is 2.46. The van der Waals surface area contributed by atoms with Crippen LogP contribution < -0.4 is 10.6 Å². The maximum atomic E-state index is 12.2. The molecule has 1 aromatic heterocycles. The number of piperazine rings is 1. The second-order valence-corrected chi connectivity index (χ2v) is 6.38. The number of nitrogens with zero attached hydrogens (tertiary/aromatic N) is 3. The molecule has 1 aliphatic heterocycles. The summed E-state index contributed by atoms with van der Waals surface area (Å²) >= 11 is 12.0. The lowest BCUT2D eigenvalue weighted by molar-refractivity contribution is -0.133. The molecule has 0 bridgehead atoms. The van der Waals surface area contributed by atoms with Crippen molar-refractivity contribution < 1.29 is 4.79 Å². The van der Waals surface area contributed by atoms with Gasteiger partial charge in [-0.2, -0.15) is 0 Å². The fraction of sp³-hybridized carbons (Fsp3) is 0.571. The van der Waals surface area contributed by atoms with Crippen LogP contribution in [0.5, 0.6) is 0 Å². The fourth-order valence-electron chi connectivity index (χ4n) is 2.27. The molecule has 2 heterocycles. The maximum Gasteiger partial charge on any atom is 0.239 e. The highest BCUT2D eigenvalue weighted by molar-refractivity contribution is 6.36. The van der Waals surface area contributed by atoms with Gasteiger partial charge in [-0.25, -0.2) is 4.98 Å². The largest absolute Gasteiger partial charge is 0.352 e. The van der Waals surface area contributed by atoms with Crippen molar-refractivity contribution in [3.63, 3.8) is 0 Å². The van der Waals surface area contributed by atoms with Gasteiger partial charge in [0.05, 0.1) is 16.1 Å². The van der Waals surface area contributed by atoms with E-state index in [1.54, 1.807) is 12.3 Å². The van der Waals surface area contributed by atoms with Gasteiger partial charge in [0, 0.05) is 32.4 Å². The van der Waals surface area contributed by atoms with Crippen LogP contribution in [0.2, 0.25) is 10.0 Å². The second kappa shape index (κ2) is 9.74. The molecule has 0 unspecified atom stereocenters. The molecule has 1 atom stereocenters. The minimum absolute atomic E-state index is 0. The molecular weight excluding hydrogens is 382 g/mol. The number of halogens is 4. The van der Waals surface area contributed by atoms with Crippen LogP contribution in [0.25, 0.3) is 0 Å². The molecular formula is C14H22Cl4N4O. The summed E-state index contributed by atoms with van der Waals surface area (Å²) in [5, 5.41) is 1.04. The van der Waals surface area contributed by atoms with Gasteiger partial charge in [-0.15, -0.1) is 24.8 Å². The first-order valence-corrected chi connectivity index (χ1v) is 7.76. The molecule has 1 aromatic rings. The third-order valence-electron chi connectivity index (χ3n) is 3.68. The van der Waals surface area contributed by atoms with Crippen LogP contribution in [-0.2, 0) is 4.79 Å². The molecule has 0 aliphatic carbocycles. The van der Waals surface area contributed by atoms with Crippen molar-refractivity contribution in [2.45, 2.75) is 19.9 Å². The summed E-state index contributed by atoms with van der Waals surface area (Å²) in [7, 11) is 0. The number of aromatic nitrogens is 1. The van der Waals surface area contributed by atoms with Gasteiger partial charge in [0.1, 0.15) is 5.82 Å². The molecule has 2 rings (SSSR count). The minimum Gasteiger partial charge on any atom is -0.352 e. The van der Waals surface area contributed by atoms with E-state index in [4.69, 9.17) is 28.9 Å². The summed E-state index contributed by atoms with van der Waals surface area (Å²) in [5.41, 5.74) is 5.92. The molecule has 9 heteroatoms. The van der Waals surface area contributed by atoms with Gasteiger partial charge in [-0.05, 0) is 12.0 Å². The quantitative estimate of drug-likeness (QED) is 0.842. The van der Waals surface area contributed by atoms with Gasteiger partial charge < -0.3 is 15.5 Å². The van der Waals surface area contributed by atoms with Gasteiger partial charge in [-0.1, -0.05) is 37.0 Å². The van der Waals surface area contributed by atoms with E-state index in [1.807, 2.05) is 18.7 Å². The van der Waals surface area contributed by atoms with Gasteiger partial charge >= 0.3 is 0 Å². The maximum absolute atomic E-state index is 12.2. The molecule has 1 saturated heterocycles. The summed E-state index contributed by atoms with van der Waals surface area (Å²) in [5.74, 6) is 0.865. The van der Waals surface area contributed by atoms with E-state index < -0.39 is 6.04 Å². The number of anilines is 1. The first-order valence-electron chi connectivity index (χ1n) is 7.00. The van der Waals surface area contributed by atoms with Crippen molar-refractivity contribution in [2.75, 3.05) is 31.1 Å². The zero-order valence-electron chi connectivity index (χ0n) is 13.0. The van der Waals surface area contributed by atoms with Gasteiger partial charge in [0.2, 0.25) is 5.91 Å². The van der Waals surface area contributed by atoms with Crippen LogP contribution in [-0.4, -0.2) is 48.0 Å². The van der Waals surface area contributed by atoms with Crippen molar-refractivity contribution in [1.29, 1.82) is 0 Å². The number of carbonyl (C=O) groups excluding carboxylic acids is 1.